The number of carbonyl (C=O) groups excluding carboxylic acids is 2. The Morgan fingerprint density at radius 3 is 2.47 bits per heavy atom. The number of phenols is 1. The third kappa shape index (κ3) is 4.70. The number of aliphatic hydroxyl groups is 1. The summed E-state index contributed by atoms with van der Waals surface area (Å²) in [7, 11) is 0. The molecule has 2 aliphatic carbocycles. The van der Waals surface area contributed by atoms with E-state index in [1.807, 2.05) is 5.32 Å². The lowest BCUT2D eigenvalue weighted by Crippen LogP contribution is -2.48. The van der Waals surface area contributed by atoms with Gasteiger partial charge in [-0.15, -0.1) is 0 Å². The maximum absolute atomic E-state index is 14.6. The van der Waals surface area contributed by atoms with Crippen LogP contribution in [0.25, 0.3) is 0 Å². The zero-order valence-corrected chi connectivity index (χ0v) is 18.2. The van der Waals surface area contributed by atoms with Crippen LogP contribution >= 0.6 is 0 Å². The van der Waals surface area contributed by atoms with Crippen LogP contribution in [0.1, 0.15) is 54.2 Å². The number of anilines is 1. The summed E-state index contributed by atoms with van der Waals surface area (Å²) < 4.78 is 53.8. The molecule has 2 fully saturated rings. The van der Waals surface area contributed by atoms with E-state index in [1.54, 1.807) is 0 Å². The van der Waals surface area contributed by atoms with E-state index in [0.29, 0.717) is 0 Å². The molecular weight excluding hydrogens is 458 g/mol. The Bertz CT molecular complexity index is 1140. The Kier molecular flexibility index (Phi) is 5.79. The molecule has 0 spiro atoms. The van der Waals surface area contributed by atoms with Crippen molar-refractivity contribution in [1.29, 1.82) is 0 Å². The van der Waals surface area contributed by atoms with Crippen LogP contribution in [0.5, 0.6) is 5.75 Å². The van der Waals surface area contributed by atoms with Crippen LogP contribution in [0.3, 0.4) is 0 Å². The summed E-state index contributed by atoms with van der Waals surface area (Å²) in [6.45, 7) is 1.50. The van der Waals surface area contributed by atoms with Gasteiger partial charge in [0.15, 0.2) is 0 Å². The number of hydrogen-bond donors (Lipinski definition) is 4. The summed E-state index contributed by atoms with van der Waals surface area (Å²) >= 11 is 0. The molecule has 2 aliphatic rings. The predicted molar refractivity (Wildman–Crippen MR) is 112 cm³/mol. The lowest BCUT2D eigenvalue weighted by molar-refractivity contribution is -0.163. The normalized spacial score (nSPS) is 18.6. The second-order valence-corrected chi connectivity index (χ2v) is 9.07. The third-order valence-corrected chi connectivity index (χ3v) is 6.36. The van der Waals surface area contributed by atoms with Crippen molar-refractivity contribution in [2.24, 2.45) is 5.92 Å². The van der Waals surface area contributed by atoms with Crippen molar-refractivity contribution in [1.82, 2.24) is 10.3 Å². The fourth-order valence-electron chi connectivity index (χ4n) is 3.91. The van der Waals surface area contributed by atoms with Crippen LogP contribution < -0.4 is 10.6 Å². The number of nitrogens with one attached hydrogen (secondary N) is 2. The number of alkyl halides is 3. The SMILES string of the molecule is CC(O)(c1cc(F)c(CC(=O)Nc2ccnc(C(=O)NC3(C(F)(F)F)CC3)c2)cc1O)C1CC1. The van der Waals surface area contributed by atoms with Gasteiger partial charge >= 0.3 is 6.18 Å². The topological polar surface area (TPSA) is 112 Å². The number of amides is 2. The summed E-state index contributed by atoms with van der Waals surface area (Å²) in [6.07, 6.45) is -2.79. The molecule has 4 rings (SSSR count). The Labute approximate surface area is 192 Å². The van der Waals surface area contributed by atoms with Crippen molar-refractivity contribution >= 4 is 17.5 Å². The highest BCUT2D eigenvalue weighted by molar-refractivity contribution is 5.96. The standard InChI is InChI=1S/C23H23F4N3O4/c1-21(34,13-2-3-13)15-11-16(24)12(8-18(15)31)9-19(32)29-14-4-7-28-17(10-14)20(33)30-22(5-6-22)23(25,26)27/h4,7-8,10-11,13,31,34H,2-3,5-6,9H2,1H3,(H,30,33)(H,28,29,32). The van der Waals surface area contributed by atoms with Gasteiger partial charge in [-0.2, -0.15) is 13.2 Å². The maximum Gasteiger partial charge on any atom is 0.411 e. The molecule has 7 nitrogen and oxygen atoms in total. The van der Waals surface area contributed by atoms with Gasteiger partial charge in [0.1, 0.15) is 22.8 Å². The summed E-state index contributed by atoms with van der Waals surface area (Å²) in [5, 5.41) is 25.3. The van der Waals surface area contributed by atoms with Crippen LogP contribution in [-0.4, -0.2) is 38.7 Å². The Morgan fingerprint density at radius 2 is 1.88 bits per heavy atom. The molecule has 1 aromatic heterocycles. The lowest BCUT2D eigenvalue weighted by atomic mass is 9.89. The molecular formula is C23H23F4N3O4. The number of rotatable bonds is 7. The average molecular weight is 481 g/mol. The monoisotopic (exact) mass is 481 g/mol. The summed E-state index contributed by atoms with van der Waals surface area (Å²) in [6, 6.07) is 4.54. The number of hydrogen-bond acceptors (Lipinski definition) is 5. The van der Waals surface area contributed by atoms with Gasteiger partial charge in [-0.1, -0.05) is 0 Å². The average Bonchev–Trinajstić information content (AvgIpc) is 3.63. The molecule has 1 aromatic carbocycles. The fraction of sp³-hybridized carbons (Fsp3) is 0.435. The molecule has 2 amide bonds. The number of aromatic nitrogens is 1. The first-order valence-corrected chi connectivity index (χ1v) is 10.7. The van der Waals surface area contributed by atoms with E-state index in [9.17, 15) is 37.4 Å². The van der Waals surface area contributed by atoms with Gasteiger partial charge in [0.05, 0.1) is 12.0 Å². The highest BCUT2D eigenvalue weighted by Crippen LogP contribution is 2.49. The van der Waals surface area contributed by atoms with Crippen LogP contribution in [-0.2, 0) is 16.8 Å². The minimum absolute atomic E-state index is 0.0498. The van der Waals surface area contributed by atoms with Gasteiger partial charge in [0, 0.05) is 23.0 Å². The first kappa shape index (κ1) is 23.9. The molecule has 2 aromatic rings. The summed E-state index contributed by atoms with van der Waals surface area (Å²) in [5.74, 6) is -2.90. The molecule has 4 N–H and O–H groups in total. The Balaban J connectivity index is 1.43. The van der Waals surface area contributed by atoms with E-state index in [1.165, 1.54) is 13.0 Å². The van der Waals surface area contributed by atoms with Gasteiger partial charge in [0.25, 0.3) is 5.91 Å². The van der Waals surface area contributed by atoms with Gasteiger partial charge in [-0.25, -0.2) is 4.39 Å². The van der Waals surface area contributed by atoms with Crippen molar-refractivity contribution in [2.45, 2.75) is 56.3 Å². The molecule has 11 heteroatoms. The lowest BCUT2D eigenvalue weighted by Gasteiger charge is -2.25. The van der Waals surface area contributed by atoms with E-state index >= 15 is 0 Å². The number of benzene rings is 1. The zero-order valence-electron chi connectivity index (χ0n) is 18.2. The summed E-state index contributed by atoms with van der Waals surface area (Å²) in [5.41, 5.74) is -3.93. The molecule has 34 heavy (non-hydrogen) atoms. The predicted octanol–water partition coefficient (Wildman–Crippen LogP) is 3.55. The van der Waals surface area contributed by atoms with Crippen molar-refractivity contribution in [3.63, 3.8) is 0 Å². The number of aromatic hydroxyl groups is 1. The van der Waals surface area contributed by atoms with Crippen LogP contribution in [0.15, 0.2) is 30.5 Å². The molecule has 1 heterocycles. The van der Waals surface area contributed by atoms with Crippen LogP contribution in [0.2, 0.25) is 0 Å². The van der Waals surface area contributed by atoms with Crippen molar-refractivity contribution in [2.75, 3.05) is 5.32 Å². The molecule has 1 unspecified atom stereocenters. The van der Waals surface area contributed by atoms with E-state index in [2.05, 4.69) is 10.3 Å². The Hall–Kier alpha value is -3.21. The number of pyridine rings is 1. The van der Waals surface area contributed by atoms with E-state index in [4.69, 9.17) is 0 Å². The second-order valence-electron chi connectivity index (χ2n) is 9.07. The zero-order chi connectivity index (χ0) is 24.9. The van der Waals surface area contributed by atoms with Crippen LogP contribution in [0, 0.1) is 11.7 Å². The highest BCUT2D eigenvalue weighted by atomic mass is 19.4. The van der Waals surface area contributed by atoms with Gasteiger partial charge < -0.3 is 20.8 Å². The first-order chi connectivity index (χ1) is 15.8. The fourth-order valence-corrected chi connectivity index (χ4v) is 3.91. The van der Waals surface area contributed by atoms with E-state index in [-0.39, 0.29) is 47.0 Å². The van der Waals surface area contributed by atoms with Crippen LogP contribution in [0.4, 0.5) is 23.2 Å². The highest BCUT2D eigenvalue weighted by Gasteiger charge is 2.64. The summed E-state index contributed by atoms with van der Waals surface area (Å²) in [4.78, 5) is 28.4. The van der Waals surface area contributed by atoms with Crippen molar-refractivity contribution in [3.05, 3.63) is 53.1 Å². The smallest absolute Gasteiger partial charge is 0.411 e. The number of carbonyl (C=O) groups is 2. The minimum atomic E-state index is -4.58. The van der Waals surface area contributed by atoms with Crippen molar-refractivity contribution in [3.8, 4) is 5.75 Å². The maximum atomic E-state index is 14.6. The quantitative estimate of drug-likeness (QED) is 0.452. The largest absolute Gasteiger partial charge is 0.508 e. The van der Waals surface area contributed by atoms with Gasteiger partial charge in [-0.3, -0.25) is 14.6 Å². The second kappa shape index (κ2) is 8.23. The molecule has 182 valence electrons. The van der Waals surface area contributed by atoms with Gasteiger partial charge in [0.2, 0.25) is 5.91 Å². The minimum Gasteiger partial charge on any atom is -0.508 e. The molecule has 0 bridgehead atoms. The van der Waals surface area contributed by atoms with E-state index < -0.39 is 41.4 Å². The number of halogens is 4. The van der Waals surface area contributed by atoms with E-state index in [0.717, 1.165) is 37.2 Å². The number of nitrogens with zero attached hydrogens (tertiary/aromatic N) is 1. The third-order valence-electron chi connectivity index (χ3n) is 6.36. The molecule has 2 saturated carbocycles. The molecule has 1 atom stereocenters. The number of phenolic OH excluding ortho intramolecular Hbond substituents is 1. The molecule has 0 radical (unpaired) electrons. The Morgan fingerprint density at radius 1 is 1.21 bits per heavy atom. The van der Waals surface area contributed by atoms with Crippen molar-refractivity contribution < 1.29 is 37.4 Å². The van der Waals surface area contributed by atoms with Gasteiger partial charge in [-0.05, 0) is 62.8 Å². The molecule has 0 aliphatic heterocycles. The first-order valence-electron chi connectivity index (χ1n) is 10.7. The molecule has 0 saturated heterocycles.